The minimum absolute atomic E-state index is 0.0881. The van der Waals surface area contributed by atoms with Gasteiger partial charge >= 0.3 is 11.9 Å². The van der Waals surface area contributed by atoms with Crippen molar-refractivity contribution in [1.29, 1.82) is 0 Å². The van der Waals surface area contributed by atoms with Gasteiger partial charge in [0.2, 0.25) is 0 Å². The molecular weight excluding hydrogens is 508 g/mol. The summed E-state index contributed by atoms with van der Waals surface area (Å²) < 4.78 is 5.53. The summed E-state index contributed by atoms with van der Waals surface area (Å²) in [6.07, 6.45) is 42.6. The lowest BCUT2D eigenvalue weighted by Crippen LogP contribution is -2.21. The molecule has 4 heteroatoms. The van der Waals surface area contributed by atoms with Crippen LogP contribution in [-0.4, -0.2) is 23.1 Å². The molecule has 0 aromatic carbocycles. The Kier molecular flexibility index (Phi) is 30.8. The number of carbonyl (C=O) groups excluding carboxylic acids is 1. The first-order valence-corrected chi connectivity index (χ1v) is 17.1. The molecule has 0 aromatic rings. The monoisotopic (exact) mass is 572 g/mol. The Labute approximate surface area is 253 Å². The molecule has 0 saturated heterocycles. The number of rotatable bonds is 30. The standard InChI is InChI=1S/C37H64O4/c1-3-5-7-9-11-13-15-16-17-18-19-20-21-22-23-25-27-29-31-33-37(40)41-35(34-36(38)39)32-30-28-26-24-14-12-10-8-6-4-2/h11,13,16-17,19-20,22-23,35H,3-10,12,14-15,18,21,24-34H2,1-2H3,(H,38,39)/b13-11-,17-16-,20-19-,23-22-. The molecular formula is C37H64O4. The predicted octanol–water partition coefficient (Wildman–Crippen LogP) is 11.6. The summed E-state index contributed by atoms with van der Waals surface area (Å²) in [6, 6.07) is 0. The molecule has 0 aliphatic rings. The van der Waals surface area contributed by atoms with Crippen LogP contribution in [0, 0.1) is 0 Å². The van der Waals surface area contributed by atoms with Crippen molar-refractivity contribution in [3.05, 3.63) is 48.6 Å². The number of aliphatic carboxylic acids is 1. The second-order valence-electron chi connectivity index (χ2n) is 11.4. The molecule has 1 unspecified atom stereocenters. The number of ether oxygens (including phenoxy) is 1. The van der Waals surface area contributed by atoms with Crippen LogP contribution in [-0.2, 0) is 14.3 Å². The summed E-state index contributed by atoms with van der Waals surface area (Å²) in [5.41, 5.74) is 0. The highest BCUT2D eigenvalue weighted by Crippen LogP contribution is 2.16. The summed E-state index contributed by atoms with van der Waals surface area (Å²) in [7, 11) is 0. The third kappa shape index (κ3) is 32.3. The van der Waals surface area contributed by atoms with Crippen molar-refractivity contribution in [2.24, 2.45) is 0 Å². The van der Waals surface area contributed by atoms with Gasteiger partial charge in [0, 0.05) is 6.42 Å². The first-order valence-electron chi connectivity index (χ1n) is 17.1. The molecule has 0 spiro atoms. The van der Waals surface area contributed by atoms with Crippen molar-refractivity contribution in [1.82, 2.24) is 0 Å². The van der Waals surface area contributed by atoms with E-state index in [1.165, 1.54) is 77.0 Å². The number of hydrogen-bond acceptors (Lipinski definition) is 3. The Morgan fingerprint density at radius 1 is 0.561 bits per heavy atom. The number of hydrogen-bond donors (Lipinski definition) is 1. The maximum atomic E-state index is 12.3. The van der Waals surface area contributed by atoms with Crippen molar-refractivity contribution < 1.29 is 19.4 Å². The molecule has 41 heavy (non-hydrogen) atoms. The lowest BCUT2D eigenvalue weighted by atomic mass is 10.0. The van der Waals surface area contributed by atoms with E-state index in [1.807, 2.05) is 0 Å². The maximum absolute atomic E-state index is 12.3. The molecule has 0 aromatic heterocycles. The zero-order valence-corrected chi connectivity index (χ0v) is 26.8. The van der Waals surface area contributed by atoms with E-state index in [-0.39, 0.29) is 12.4 Å². The highest BCUT2D eigenvalue weighted by atomic mass is 16.5. The van der Waals surface area contributed by atoms with Gasteiger partial charge in [0.05, 0.1) is 6.42 Å². The van der Waals surface area contributed by atoms with E-state index in [2.05, 4.69) is 62.5 Å². The van der Waals surface area contributed by atoms with E-state index >= 15 is 0 Å². The minimum Gasteiger partial charge on any atom is -0.481 e. The van der Waals surface area contributed by atoms with Gasteiger partial charge in [-0.25, -0.2) is 0 Å². The fourth-order valence-corrected chi connectivity index (χ4v) is 4.77. The Morgan fingerprint density at radius 3 is 1.49 bits per heavy atom. The largest absolute Gasteiger partial charge is 0.481 e. The number of unbranched alkanes of at least 4 members (excludes halogenated alkanes) is 15. The number of carboxylic acids is 1. The molecule has 0 fully saturated rings. The number of esters is 1. The van der Waals surface area contributed by atoms with Crippen molar-refractivity contribution in [3.63, 3.8) is 0 Å². The van der Waals surface area contributed by atoms with E-state index in [0.717, 1.165) is 57.8 Å². The number of allylic oxidation sites excluding steroid dienone is 8. The van der Waals surface area contributed by atoms with Gasteiger partial charge in [-0.3, -0.25) is 9.59 Å². The molecule has 0 rings (SSSR count). The molecule has 0 radical (unpaired) electrons. The number of carbonyl (C=O) groups is 2. The quantitative estimate of drug-likeness (QED) is 0.0528. The van der Waals surface area contributed by atoms with Crippen LogP contribution in [0.2, 0.25) is 0 Å². The van der Waals surface area contributed by atoms with Crippen LogP contribution in [0.3, 0.4) is 0 Å². The van der Waals surface area contributed by atoms with Gasteiger partial charge in [-0.15, -0.1) is 0 Å². The van der Waals surface area contributed by atoms with Crippen LogP contribution in [0.5, 0.6) is 0 Å². The van der Waals surface area contributed by atoms with E-state index in [1.54, 1.807) is 0 Å². The minimum atomic E-state index is -0.895. The SMILES string of the molecule is CCCCC/C=C\C/C=C\C/C=C\C/C=C\CCCCCC(=O)OC(CCCCCCCCCCCC)CC(=O)O. The Balaban J connectivity index is 3.78. The van der Waals surface area contributed by atoms with Gasteiger partial charge in [0.1, 0.15) is 6.10 Å². The van der Waals surface area contributed by atoms with Crippen LogP contribution in [0.4, 0.5) is 0 Å². The summed E-state index contributed by atoms with van der Waals surface area (Å²) in [6.45, 7) is 4.48. The zero-order chi connectivity index (χ0) is 30.1. The van der Waals surface area contributed by atoms with Crippen LogP contribution < -0.4 is 0 Å². The van der Waals surface area contributed by atoms with E-state index in [0.29, 0.717) is 12.8 Å². The van der Waals surface area contributed by atoms with Crippen molar-refractivity contribution in [3.8, 4) is 0 Å². The average molecular weight is 573 g/mol. The molecule has 0 aliphatic heterocycles. The topological polar surface area (TPSA) is 63.6 Å². The van der Waals surface area contributed by atoms with E-state index < -0.39 is 12.1 Å². The molecule has 0 aliphatic carbocycles. The second kappa shape index (κ2) is 32.4. The molecule has 1 N–H and O–H groups in total. The summed E-state index contributed by atoms with van der Waals surface area (Å²) >= 11 is 0. The van der Waals surface area contributed by atoms with Gasteiger partial charge in [-0.1, -0.05) is 140 Å². The third-order valence-electron chi connectivity index (χ3n) is 7.29. The molecule has 1 atom stereocenters. The Hall–Kier alpha value is -2.10. The normalized spacial score (nSPS) is 12.8. The van der Waals surface area contributed by atoms with Crippen LogP contribution >= 0.6 is 0 Å². The fraction of sp³-hybridized carbons (Fsp3) is 0.730. The maximum Gasteiger partial charge on any atom is 0.307 e. The molecule has 0 heterocycles. The smallest absolute Gasteiger partial charge is 0.307 e. The van der Waals surface area contributed by atoms with Crippen molar-refractivity contribution in [2.75, 3.05) is 0 Å². The fourth-order valence-electron chi connectivity index (χ4n) is 4.77. The summed E-state index contributed by atoms with van der Waals surface area (Å²) in [4.78, 5) is 23.5. The molecule has 4 nitrogen and oxygen atoms in total. The van der Waals surface area contributed by atoms with Crippen molar-refractivity contribution in [2.45, 2.75) is 174 Å². The Bertz CT molecular complexity index is 704. The van der Waals surface area contributed by atoms with Gasteiger partial charge < -0.3 is 9.84 Å². The molecule has 236 valence electrons. The highest BCUT2D eigenvalue weighted by molar-refractivity contribution is 5.71. The van der Waals surface area contributed by atoms with E-state index in [4.69, 9.17) is 4.74 Å². The van der Waals surface area contributed by atoms with Crippen LogP contribution in [0.25, 0.3) is 0 Å². The molecule has 0 amide bonds. The summed E-state index contributed by atoms with van der Waals surface area (Å²) in [5, 5.41) is 9.20. The molecule has 0 saturated carbocycles. The first kappa shape index (κ1) is 38.9. The Morgan fingerprint density at radius 2 is 0.976 bits per heavy atom. The zero-order valence-electron chi connectivity index (χ0n) is 26.8. The first-order chi connectivity index (χ1) is 20.1. The summed E-state index contributed by atoms with van der Waals surface area (Å²) in [5.74, 6) is -1.14. The van der Waals surface area contributed by atoms with Gasteiger partial charge in [0.25, 0.3) is 0 Å². The number of carboxylic acid groups (broad SMARTS) is 1. The van der Waals surface area contributed by atoms with E-state index in [9.17, 15) is 14.7 Å². The van der Waals surface area contributed by atoms with Gasteiger partial charge in [0.15, 0.2) is 0 Å². The predicted molar refractivity (Wildman–Crippen MR) is 176 cm³/mol. The van der Waals surface area contributed by atoms with Gasteiger partial charge in [-0.05, 0) is 64.2 Å². The third-order valence-corrected chi connectivity index (χ3v) is 7.29. The van der Waals surface area contributed by atoms with Gasteiger partial charge in [-0.2, -0.15) is 0 Å². The lowest BCUT2D eigenvalue weighted by Gasteiger charge is -2.16. The second-order valence-corrected chi connectivity index (χ2v) is 11.4. The van der Waals surface area contributed by atoms with Crippen LogP contribution in [0.1, 0.15) is 168 Å². The highest BCUT2D eigenvalue weighted by Gasteiger charge is 2.17. The van der Waals surface area contributed by atoms with Crippen molar-refractivity contribution >= 4 is 11.9 Å². The van der Waals surface area contributed by atoms with Crippen LogP contribution in [0.15, 0.2) is 48.6 Å². The lowest BCUT2D eigenvalue weighted by molar-refractivity contribution is -0.153. The molecule has 0 bridgehead atoms. The average Bonchev–Trinajstić information content (AvgIpc) is 2.95.